The molecule has 1 aromatic heterocycles. The molecule has 22 heavy (non-hydrogen) atoms. The third-order valence-electron chi connectivity index (χ3n) is 4.52. The van der Waals surface area contributed by atoms with Gasteiger partial charge >= 0.3 is 0 Å². The zero-order valence-corrected chi connectivity index (χ0v) is 12.0. The molecular weight excluding hydrogens is 291 g/mol. The molecule has 4 rings (SSSR count). The fourth-order valence-corrected chi connectivity index (χ4v) is 3.13. The van der Waals surface area contributed by atoms with Gasteiger partial charge in [0.05, 0.1) is 5.69 Å². The van der Waals surface area contributed by atoms with Crippen LogP contribution in [0.5, 0.6) is 0 Å². The topological polar surface area (TPSA) is 31.9 Å². The summed E-state index contributed by atoms with van der Waals surface area (Å²) in [6.07, 6.45) is 3.17. The summed E-state index contributed by atoms with van der Waals surface area (Å²) in [5.41, 5.74) is 3.69. The lowest BCUT2D eigenvalue weighted by Crippen LogP contribution is -2.30. The van der Waals surface area contributed by atoms with Gasteiger partial charge in [-0.15, -0.1) is 0 Å². The van der Waals surface area contributed by atoms with E-state index in [4.69, 9.17) is 0 Å². The number of aromatic nitrogens is 2. The van der Waals surface area contributed by atoms with E-state index in [-0.39, 0.29) is 12.1 Å². The first-order chi connectivity index (χ1) is 10.6. The van der Waals surface area contributed by atoms with E-state index in [1.807, 2.05) is 0 Å². The smallest absolute Gasteiger partial charge is 0.194 e. The van der Waals surface area contributed by atoms with Crippen LogP contribution >= 0.6 is 0 Å². The van der Waals surface area contributed by atoms with Gasteiger partial charge in [0.2, 0.25) is 0 Å². The molecule has 2 aliphatic rings. The fraction of sp³-hybridized carbons (Fsp3) is 0.438. The van der Waals surface area contributed by atoms with Gasteiger partial charge in [-0.05, 0) is 18.9 Å². The Bertz CT molecular complexity index is 722. The van der Waals surface area contributed by atoms with Gasteiger partial charge < -0.3 is 0 Å². The second-order valence-corrected chi connectivity index (χ2v) is 6.14. The van der Waals surface area contributed by atoms with Crippen molar-refractivity contribution in [3.05, 3.63) is 52.1 Å². The van der Waals surface area contributed by atoms with Gasteiger partial charge in [0.25, 0.3) is 0 Å². The molecule has 1 aliphatic heterocycles. The van der Waals surface area contributed by atoms with Crippen LogP contribution in [0.1, 0.15) is 41.3 Å². The molecule has 1 aliphatic carbocycles. The highest BCUT2D eigenvalue weighted by atomic mass is 19.2. The van der Waals surface area contributed by atoms with Gasteiger partial charge in [-0.1, -0.05) is 6.07 Å². The number of hydrogen-bond acceptors (Lipinski definition) is 2. The van der Waals surface area contributed by atoms with Crippen molar-refractivity contribution in [1.82, 2.24) is 15.1 Å². The maximum atomic E-state index is 13.8. The molecule has 0 amide bonds. The number of H-pyrrole nitrogens is 1. The average molecular weight is 307 g/mol. The third kappa shape index (κ3) is 2.31. The van der Waals surface area contributed by atoms with Crippen LogP contribution in [0.2, 0.25) is 0 Å². The first kappa shape index (κ1) is 13.8. The Labute approximate surface area is 126 Å². The highest BCUT2D eigenvalue weighted by molar-refractivity contribution is 5.32. The summed E-state index contributed by atoms with van der Waals surface area (Å²) in [4.78, 5) is 2.06. The van der Waals surface area contributed by atoms with Crippen LogP contribution in [0.25, 0.3) is 0 Å². The van der Waals surface area contributed by atoms with Gasteiger partial charge in [-0.25, -0.2) is 13.2 Å². The maximum absolute atomic E-state index is 13.8. The zero-order chi connectivity index (χ0) is 15.3. The van der Waals surface area contributed by atoms with Crippen LogP contribution in [0.3, 0.4) is 0 Å². The second kappa shape index (κ2) is 5.12. The van der Waals surface area contributed by atoms with E-state index >= 15 is 0 Å². The zero-order valence-electron chi connectivity index (χ0n) is 12.0. The molecule has 0 radical (unpaired) electrons. The molecule has 6 heteroatoms. The molecule has 0 saturated heterocycles. The summed E-state index contributed by atoms with van der Waals surface area (Å²) >= 11 is 0. The van der Waals surface area contributed by atoms with Gasteiger partial charge in [-0.3, -0.25) is 10.00 Å². The lowest BCUT2D eigenvalue weighted by molar-refractivity contribution is 0.239. The minimum absolute atomic E-state index is 0.193. The molecule has 1 N–H and O–H groups in total. The standard InChI is InChI=1S/C16H16F3N3/c17-12-4-3-10(14(18)15(12)19)7-22-6-5-13-11(8-22)16(21-20-13)9-1-2-9/h3-4,9H,1-2,5-8H2,(H,20,21). The summed E-state index contributed by atoms with van der Waals surface area (Å²) in [5.74, 6) is -3.06. The Morgan fingerprint density at radius 1 is 1.18 bits per heavy atom. The summed E-state index contributed by atoms with van der Waals surface area (Å²) < 4.78 is 40.1. The van der Waals surface area contributed by atoms with E-state index in [2.05, 4.69) is 15.1 Å². The van der Waals surface area contributed by atoms with Crippen molar-refractivity contribution in [3.8, 4) is 0 Å². The summed E-state index contributed by atoms with van der Waals surface area (Å²) in [5, 5.41) is 7.51. The van der Waals surface area contributed by atoms with Gasteiger partial charge in [0.15, 0.2) is 17.5 Å². The van der Waals surface area contributed by atoms with Crippen LogP contribution in [0.15, 0.2) is 12.1 Å². The monoisotopic (exact) mass is 307 g/mol. The molecule has 2 aromatic rings. The summed E-state index contributed by atoms with van der Waals surface area (Å²) in [6, 6.07) is 2.30. The molecule has 0 spiro atoms. The van der Waals surface area contributed by atoms with Crippen LogP contribution in [-0.4, -0.2) is 21.6 Å². The van der Waals surface area contributed by atoms with E-state index in [9.17, 15) is 13.2 Å². The fourth-order valence-electron chi connectivity index (χ4n) is 3.13. The number of nitrogens with one attached hydrogen (secondary N) is 1. The van der Waals surface area contributed by atoms with Crippen LogP contribution in [-0.2, 0) is 19.5 Å². The van der Waals surface area contributed by atoms with Crippen molar-refractivity contribution < 1.29 is 13.2 Å². The number of benzene rings is 1. The molecule has 1 fully saturated rings. The second-order valence-electron chi connectivity index (χ2n) is 6.14. The molecule has 0 atom stereocenters. The number of halogens is 3. The minimum atomic E-state index is -1.39. The molecular formula is C16H16F3N3. The molecule has 0 unspecified atom stereocenters. The molecule has 116 valence electrons. The highest BCUT2D eigenvalue weighted by Gasteiger charge is 2.32. The van der Waals surface area contributed by atoms with E-state index in [0.29, 0.717) is 12.5 Å². The van der Waals surface area contributed by atoms with E-state index in [1.54, 1.807) is 0 Å². The van der Waals surface area contributed by atoms with E-state index < -0.39 is 17.5 Å². The van der Waals surface area contributed by atoms with Crippen molar-refractivity contribution >= 4 is 0 Å². The van der Waals surface area contributed by atoms with Crippen molar-refractivity contribution in [1.29, 1.82) is 0 Å². The maximum Gasteiger partial charge on any atom is 0.194 e. The first-order valence-electron chi connectivity index (χ1n) is 7.54. The Morgan fingerprint density at radius 2 is 2.00 bits per heavy atom. The molecule has 0 bridgehead atoms. The number of fused-ring (bicyclic) bond motifs is 1. The number of rotatable bonds is 3. The SMILES string of the molecule is Fc1ccc(CN2CCc3[nH]nc(C4CC4)c3C2)c(F)c1F. The van der Waals surface area contributed by atoms with Crippen molar-refractivity contribution in [2.75, 3.05) is 6.54 Å². The molecule has 2 heterocycles. The third-order valence-corrected chi connectivity index (χ3v) is 4.52. The van der Waals surface area contributed by atoms with E-state index in [0.717, 1.165) is 30.4 Å². The molecule has 1 aromatic carbocycles. The molecule has 3 nitrogen and oxygen atoms in total. The largest absolute Gasteiger partial charge is 0.294 e. The summed E-state index contributed by atoms with van der Waals surface area (Å²) in [6.45, 7) is 1.70. The van der Waals surface area contributed by atoms with Crippen LogP contribution < -0.4 is 0 Å². The normalized spacial score (nSPS) is 18.5. The summed E-state index contributed by atoms with van der Waals surface area (Å²) in [7, 11) is 0. The van der Waals surface area contributed by atoms with Gasteiger partial charge in [0.1, 0.15) is 0 Å². The number of nitrogens with zero attached hydrogens (tertiary/aromatic N) is 2. The predicted molar refractivity (Wildman–Crippen MR) is 74.7 cm³/mol. The van der Waals surface area contributed by atoms with Gasteiger partial charge in [0, 0.05) is 48.8 Å². The Kier molecular flexibility index (Phi) is 3.22. The van der Waals surface area contributed by atoms with E-state index in [1.165, 1.54) is 24.5 Å². The van der Waals surface area contributed by atoms with Crippen molar-refractivity contribution in [2.45, 2.75) is 38.3 Å². The predicted octanol–water partition coefficient (Wildman–Crippen LogP) is 3.26. The average Bonchev–Trinajstić information content (AvgIpc) is 3.28. The minimum Gasteiger partial charge on any atom is -0.294 e. The lowest BCUT2D eigenvalue weighted by atomic mass is 10.0. The quantitative estimate of drug-likeness (QED) is 0.883. The molecule has 1 saturated carbocycles. The van der Waals surface area contributed by atoms with Crippen LogP contribution in [0, 0.1) is 17.5 Å². The van der Waals surface area contributed by atoms with Crippen molar-refractivity contribution in [3.63, 3.8) is 0 Å². The Balaban J connectivity index is 1.55. The number of aromatic amines is 1. The van der Waals surface area contributed by atoms with Gasteiger partial charge in [-0.2, -0.15) is 5.10 Å². The van der Waals surface area contributed by atoms with Crippen LogP contribution in [0.4, 0.5) is 13.2 Å². The Hall–Kier alpha value is -1.82. The highest BCUT2D eigenvalue weighted by Crippen LogP contribution is 2.42. The number of hydrogen-bond donors (Lipinski definition) is 1. The first-order valence-corrected chi connectivity index (χ1v) is 7.54. The van der Waals surface area contributed by atoms with Crippen molar-refractivity contribution in [2.24, 2.45) is 0 Å². The Morgan fingerprint density at radius 3 is 2.77 bits per heavy atom. The lowest BCUT2D eigenvalue weighted by Gasteiger charge is -2.27.